The lowest BCUT2D eigenvalue weighted by Crippen LogP contribution is -2.13. The number of rotatable bonds is 5. The summed E-state index contributed by atoms with van der Waals surface area (Å²) < 4.78 is 24.3. The Balaban J connectivity index is 2.23. The highest BCUT2D eigenvalue weighted by Gasteiger charge is 2.13. The summed E-state index contributed by atoms with van der Waals surface area (Å²) in [6.07, 6.45) is 0.133. The zero-order valence-corrected chi connectivity index (χ0v) is 14.5. The Bertz CT molecular complexity index is 749. The van der Waals surface area contributed by atoms with Crippen LogP contribution in [0, 0.1) is 12.7 Å². The number of nitrogens with one attached hydrogen (secondary N) is 1. The Labute approximate surface area is 145 Å². The van der Waals surface area contributed by atoms with E-state index >= 15 is 0 Å². The minimum Gasteiger partial charge on any atom is -0.486 e. The van der Waals surface area contributed by atoms with Crippen molar-refractivity contribution in [2.75, 3.05) is 12.4 Å². The molecule has 24 heavy (non-hydrogen) atoms. The number of carbonyl (C=O) groups excluding carboxylic acids is 1. The van der Waals surface area contributed by atoms with Gasteiger partial charge in [-0.25, -0.2) is 9.18 Å². The van der Waals surface area contributed by atoms with E-state index in [1.165, 1.54) is 13.2 Å². The van der Waals surface area contributed by atoms with Crippen molar-refractivity contribution in [1.29, 1.82) is 0 Å². The molecule has 0 aliphatic rings. The molecular formula is C18H19ClFNO3. The molecule has 0 spiro atoms. The highest BCUT2D eigenvalue weighted by atomic mass is 35.5. The molecule has 0 unspecified atom stereocenters. The maximum Gasteiger partial charge on any atom is 0.411 e. The van der Waals surface area contributed by atoms with Gasteiger partial charge in [0.2, 0.25) is 0 Å². The molecule has 1 amide bonds. The van der Waals surface area contributed by atoms with E-state index in [1.54, 1.807) is 24.3 Å². The van der Waals surface area contributed by atoms with Crippen molar-refractivity contribution < 1.29 is 18.7 Å². The van der Waals surface area contributed by atoms with Crippen LogP contribution in [0.2, 0.25) is 5.02 Å². The lowest BCUT2D eigenvalue weighted by molar-refractivity contribution is 0.187. The molecule has 6 heteroatoms. The zero-order chi connectivity index (χ0) is 17.7. The van der Waals surface area contributed by atoms with E-state index < -0.39 is 11.9 Å². The van der Waals surface area contributed by atoms with Crippen molar-refractivity contribution in [3.05, 3.63) is 57.9 Å². The summed E-state index contributed by atoms with van der Waals surface area (Å²) >= 11 is 6.18. The number of halogens is 2. The number of ether oxygens (including phenoxy) is 2. The molecule has 128 valence electrons. The average molecular weight is 352 g/mol. The van der Waals surface area contributed by atoms with E-state index in [9.17, 15) is 9.18 Å². The normalized spacial score (nSPS) is 10.4. The molecular weight excluding hydrogens is 333 g/mol. The third-order valence-electron chi connectivity index (χ3n) is 3.68. The van der Waals surface area contributed by atoms with E-state index in [-0.39, 0.29) is 12.4 Å². The molecule has 0 aliphatic heterocycles. The average Bonchev–Trinajstić information content (AvgIpc) is 2.56. The topological polar surface area (TPSA) is 47.6 Å². The van der Waals surface area contributed by atoms with E-state index in [0.29, 0.717) is 16.3 Å². The van der Waals surface area contributed by atoms with Gasteiger partial charge in [0, 0.05) is 10.6 Å². The van der Waals surface area contributed by atoms with Crippen LogP contribution in [0.1, 0.15) is 23.6 Å². The number of aryl methyl sites for hydroxylation is 2. The molecule has 0 saturated heterocycles. The van der Waals surface area contributed by atoms with Gasteiger partial charge in [-0.1, -0.05) is 24.6 Å². The fourth-order valence-electron chi connectivity index (χ4n) is 2.32. The van der Waals surface area contributed by atoms with Gasteiger partial charge in [0.15, 0.2) is 11.6 Å². The van der Waals surface area contributed by atoms with Crippen LogP contribution in [0.25, 0.3) is 0 Å². The molecule has 1 N–H and O–H groups in total. The van der Waals surface area contributed by atoms with Crippen LogP contribution in [0.4, 0.5) is 14.9 Å². The lowest BCUT2D eigenvalue weighted by Gasteiger charge is -2.15. The fourth-order valence-corrected chi connectivity index (χ4v) is 2.55. The van der Waals surface area contributed by atoms with Crippen LogP contribution in [-0.4, -0.2) is 13.2 Å². The number of anilines is 1. The smallest absolute Gasteiger partial charge is 0.411 e. The quantitative estimate of drug-likeness (QED) is 0.814. The van der Waals surface area contributed by atoms with Gasteiger partial charge in [-0.3, -0.25) is 5.32 Å². The predicted molar refractivity (Wildman–Crippen MR) is 92.3 cm³/mol. The third-order valence-corrected chi connectivity index (χ3v) is 4.04. The summed E-state index contributed by atoms with van der Waals surface area (Å²) in [4.78, 5) is 11.4. The molecule has 0 saturated carbocycles. The highest BCUT2D eigenvalue weighted by molar-refractivity contribution is 6.31. The molecule has 0 fully saturated rings. The third kappa shape index (κ3) is 4.17. The summed E-state index contributed by atoms with van der Waals surface area (Å²) in [5.74, 6) is -0.277. The molecule has 4 nitrogen and oxygen atoms in total. The van der Waals surface area contributed by atoms with E-state index in [2.05, 4.69) is 10.1 Å². The molecule has 2 aromatic rings. The summed E-state index contributed by atoms with van der Waals surface area (Å²) in [5.41, 5.74) is 2.89. The first-order valence-corrected chi connectivity index (χ1v) is 7.88. The minimum absolute atomic E-state index is 0.0147. The van der Waals surface area contributed by atoms with Gasteiger partial charge in [0.05, 0.1) is 12.8 Å². The molecule has 0 aliphatic carbocycles. The molecule has 0 heterocycles. The Morgan fingerprint density at radius 3 is 2.75 bits per heavy atom. The van der Waals surface area contributed by atoms with Crippen molar-refractivity contribution >= 4 is 23.4 Å². The minimum atomic E-state index is -0.618. The maximum absolute atomic E-state index is 14.1. The number of carbonyl (C=O) groups is 1. The zero-order valence-electron chi connectivity index (χ0n) is 13.8. The van der Waals surface area contributed by atoms with Gasteiger partial charge in [-0.05, 0) is 48.7 Å². The second-order valence-corrected chi connectivity index (χ2v) is 5.64. The fraction of sp³-hybridized carbons (Fsp3) is 0.278. The molecule has 0 radical (unpaired) electrons. The van der Waals surface area contributed by atoms with Crippen molar-refractivity contribution in [3.63, 3.8) is 0 Å². The van der Waals surface area contributed by atoms with Crippen molar-refractivity contribution in [2.24, 2.45) is 0 Å². The molecule has 2 rings (SSSR count). The number of hydrogen-bond acceptors (Lipinski definition) is 3. The van der Waals surface area contributed by atoms with Gasteiger partial charge >= 0.3 is 6.09 Å². The van der Waals surface area contributed by atoms with Crippen LogP contribution in [0.5, 0.6) is 5.75 Å². The van der Waals surface area contributed by atoms with Crippen molar-refractivity contribution in [1.82, 2.24) is 0 Å². The monoisotopic (exact) mass is 351 g/mol. The lowest BCUT2D eigenvalue weighted by atomic mass is 10.1. The number of methoxy groups -OCH3 is 1. The largest absolute Gasteiger partial charge is 0.486 e. The van der Waals surface area contributed by atoms with E-state index in [0.717, 1.165) is 17.5 Å². The van der Waals surface area contributed by atoms with Crippen LogP contribution >= 0.6 is 11.6 Å². The second kappa shape index (κ2) is 8.02. The Morgan fingerprint density at radius 1 is 1.33 bits per heavy atom. The number of benzene rings is 2. The summed E-state index contributed by atoms with van der Waals surface area (Å²) in [7, 11) is 1.27. The van der Waals surface area contributed by atoms with Gasteiger partial charge in [0.1, 0.15) is 6.61 Å². The van der Waals surface area contributed by atoms with Crippen molar-refractivity contribution in [2.45, 2.75) is 26.9 Å². The predicted octanol–water partition coefficient (Wildman–Crippen LogP) is 5.11. The molecule has 0 bridgehead atoms. The van der Waals surface area contributed by atoms with Gasteiger partial charge in [-0.15, -0.1) is 0 Å². The van der Waals surface area contributed by atoms with Gasteiger partial charge in [-0.2, -0.15) is 0 Å². The standard InChI is InChI=1S/C18H19ClFNO3/c1-4-12-9-15(20)17(8-11(12)2)24-10-13-14(19)6-5-7-16(13)21-18(22)23-3/h5-9H,4,10H2,1-3H3,(H,21,22). The summed E-state index contributed by atoms with van der Waals surface area (Å²) in [6.45, 7) is 3.89. The van der Waals surface area contributed by atoms with E-state index in [1.807, 2.05) is 13.8 Å². The summed E-state index contributed by atoms with van der Waals surface area (Å²) in [5, 5.41) is 2.97. The second-order valence-electron chi connectivity index (χ2n) is 5.23. The van der Waals surface area contributed by atoms with Gasteiger partial charge in [0.25, 0.3) is 0 Å². The first-order chi connectivity index (χ1) is 11.5. The first-order valence-electron chi connectivity index (χ1n) is 7.50. The Kier molecular flexibility index (Phi) is 6.04. The molecule has 2 aromatic carbocycles. The Hall–Kier alpha value is -2.27. The van der Waals surface area contributed by atoms with Crippen LogP contribution in [0.15, 0.2) is 30.3 Å². The SMILES string of the molecule is CCc1cc(F)c(OCc2c(Cl)cccc2NC(=O)OC)cc1C. The van der Waals surface area contributed by atoms with Crippen molar-refractivity contribution in [3.8, 4) is 5.75 Å². The Morgan fingerprint density at radius 2 is 2.08 bits per heavy atom. The number of amides is 1. The summed E-state index contributed by atoms with van der Waals surface area (Å²) in [6, 6.07) is 8.18. The van der Waals surface area contributed by atoms with Crippen LogP contribution < -0.4 is 10.1 Å². The van der Waals surface area contributed by atoms with Crippen LogP contribution in [0.3, 0.4) is 0 Å². The number of hydrogen-bond donors (Lipinski definition) is 1. The van der Waals surface area contributed by atoms with Gasteiger partial charge < -0.3 is 9.47 Å². The molecule has 0 atom stereocenters. The first kappa shape index (κ1) is 18.1. The molecule has 0 aromatic heterocycles. The maximum atomic E-state index is 14.1. The highest BCUT2D eigenvalue weighted by Crippen LogP contribution is 2.28. The van der Waals surface area contributed by atoms with Crippen LogP contribution in [-0.2, 0) is 17.8 Å². The van der Waals surface area contributed by atoms with E-state index in [4.69, 9.17) is 16.3 Å².